The second kappa shape index (κ2) is 6.98. The molecule has 2 rings (SSSR count). The molecule has 0 aliphatic heterocycles. The normalized spacial score (nSPS) is 10.6. The Morgan fingerprint density at radius 1 is 1.14 bits per heavy atom. The molecule has 2 N–H and O–H groups in total. The topological polar surface area (TPSA) is 101 Å². The van der Waals surface area contributed by atoms with E-state index in [4.69, 9.17) is 9.29 Å². The van der Waals surface area contributed by atoms with Crippen molar-refractivity contribution in [1.29, 1.82) is 0 Å². The Bertz CT molecular complexity index is 786. The van der Waals surface area contributed by atoms with Crippen molar-refractivity contribution in [2.24, 2.45) is 0 Å². The Morgan fingerprint density at radius 2 is 1.73 bits per heavy atom. The number of benzene rings is 2. The fraction of sp³-hybridized carbons (Fsp3) is 0.0714. The molecule has 2 aromatic rings. The molecule has 6 nitrogen and oxygen atoms in total. The van der Waals surface area contributed by atoms with E-state index in [1.807, 2.05) is 0 Å². The monoisotopic (exact) mass is 316 g/mol. The van der Waals surface area contributed by atoms with Gasteiger partial charge >= 0.3 is 18.9 Å². The molecular formula is C14H13LiO6S. The van der Waals surface area contributed by atoms with Gasteiger partial charge < -0.3 is 9.84 Å². The van der Waals surface area contributed by atoms with Gasteiger partial charge in [-0.2, -0.15) is 8.42 Å². The predicted octanol–water partition coefficient (Wildman–Crippen LogP) is 1.23. The fourth-order valence-corrected chi connectivity index (χ4v) is 2.50. The number of methoxy groups -OCH3 is 1. The van der Waals surface area contributed by atoms with Crippen LogP contribution in [0.15, 0.2) is 47.4 Å². The van der Waals surface area contributed by atoms with Gasteiger partial charge in [-0.1, -0.05) is 30.3 Å². The van der Waals surface area contributed by atoms with Gasteiger partial charge in [0.1, 0.15) is 16.4 Å². The van der Waals surface area contributed by atoms with Gasteiger partial charge in [0.2, 0.25) is 0 Å². The summed E-state index contributed by atoms with van der Waals surface area (Å²) in [5, 5.41) is 9.87. The van der Waals surface area contributed by atoms with E-state index < -0.39 is 26.5 Å². The van der Waals surface area contributed by atoms with Crippen molar-refractivity contribution in [3.05, 3.63) is 53.6 Å². The van der Waals surface area contributed by atoms with Gasteiger partial charge in [0.05, 0.1) is 12.7 Å². The second-order valence-corrected chi connectivity index (χ2v) is 5.58. The van der Waals surface area contributed by atoms with Crippen molar-refractivity contribution in [1.82, 2.24) is 0 Å². The van der Waals surface area contributed by atoms with Crippen molar-refractivity contribution in [3.63, 3.8) is 0 Å². The number of hydrogen-bond donors (Lipinski definition) is 2. The summed E-state index contributed by atoms with van der Waals surface area (Å²) >= 11 is 0. The standard InChI is InChI=1S/C14H12O6S.Li.H/c1-20-12-8-11(15)10(7-13(12)21(17,18)19)14(16)9-5-3-2-4-6-9;;/h2-8,15H,1H3,(H,17,18,19);;. The molecule has 0 heterocycles. The average molecular weight is 316 g/mol. The van der Waals surface area contributed by atoms with Crippen LogP contribution in [-0.2, 0) is 10.1 Å². The molecule has 0 saturated heterocycles. The van der Waals surface area contributed by atoms with Crippen LogP contribution in [0.4, 0.5) is 0 Å². The molecule has 22 heavy (non-hydrogen) atoms. The third-order valence-electron chi connectivity index (χ3n) is 2.84. The van der Waals surface area contributed by atoms with Gasteiger partial charge in [-0.05, 0) is 6.07 Å². The van der Waals surface area contributed by atoms with Gasteiger partial charge in [0.25, 0.3) is 10.1 Å². The summed E-state index contributed by atoms with van der Waals surface area (Å²) in [6, 6.07) is 9.90. The minimum absolute atomic E-state index is 0. The maximum absolute atomic E-state index is 12.3. The number of carbonyl (C=O) groups is 1. The first kappa shape index (κ1) is 18.3. The van der Waals surface area contributed by atoms with Crippen molar-refractivity contribution in [3.8, 4) is 11.5 Å². The van der Waals surface area contributed by atoms with Crippen LogP contribution in [0.2, 0.25) is 0 Å². The Labute approximate surface area is 139 Å². The fourth-order valence-electron chi connectivity index (χ4n) is 1.84. The average Bonchev–Trinajstić information content (AvgIpc) is 2.45. The molecule has 0 radical (unpaired) electrons. The molecule has 0 spiro atoms. The van der Waals surface area contributed by atoms with E-state index in [9.17, 15) is 18.3 Å². The third-order valence-corrected chi connectivity index (χ3v) is 3.72. The molecule has 0 aliphatic carbocycles. The molecule has 2 aromatic carbocycles. The number of aromatic hydroxyl groups is 1. The summed E-state index contributed by atoms with van der Waals surface area (Å²) < 4.78 is 36.6. The van der Waals surface area contributed by atoms with Crippen LogP contribution in [0, 0.1) is 0 Å². The molecule has 0 aliphatic rings. The molecule has 0 atom stereocenters. The van der Waals surface area contributed by atoms with E-state index >= 15 is 0 Å². The Kier molecular flexibility index (Phi) is 5.80. The van der Waals surface area contributed by atoms with Gasteiger partial charge in [0.15, 0.2) is 5.78 Å². The van der Waals surface area contributed by atoms with Crippen LogP contribution >= 0.6 is 0 Å². The van der Waals surface area contributed by atoms with Crippen LogP contribution in [0.5, 0.6) is 11.5 Å². The maximum atomic E-state index is 12.3. The molecular weight excluding hydrogens is 303 g/mol. The molecule has 0 bridgehead atoms. The van der Waals surface area contributed by atoms with Crippen LogP contribution in [-0.4, -0.2) is 49.8 Å². The van der Waals surface area contributed by atoms with Crippen LogP contribution < -0.4 is 4.74 Å². The van der Waals surface area contributed by atoms with E-state index in [-0.39, 0.29) is 35.7 Å². The molecule has 0 amide bonds. The first-order valence-electron chi connectivity index (χ1n) is 5.83. The van der Waals surface area contributed by atoms with Crippen LogP contribution in [0.3, 0.4) is 0 Å². The van der Waals surface area contributed by atoms with E-state index in [0.717, 1.165) is 12.1 Å². The zero-order valence-electron chi connectivity index (χ0n) is 11.0. The van der Waals surface area contributed by atoms with Gasteiger partial charge in [0, 0.05) is 11.6 Å². The van der Waals surface area contributed by atoms with Gasteiger partial charge in [-0.3, -0.25) is 9.35 Å². The zero-order valence-corrected chi connectivity index (χ0v) is 11.8. The first-order chi connectivity index (χ1) is 9.84. The van der Waals surface area contributed by atoms with E-state index in [1.54, 1.807) is 18.2 Å². The van der Waals surface area contributed by atoms with E-state index in [2.05, 4.69) is 0 Å². The summed E-state index contributed by atoms with van der Waals surface area (Å²) in [4.78, 5) is 11.7. The summed E-state index contributed by atoms with van der Waals surface area (Å²) in [7, 11) is -3.41. The summed E-state index contributed by atoms with van der Waals surface area (Å²) in [6.07, 6.45) is 0. The Hall–Kier alpha value is -1.78. The van der Waals surface area contributed by atoms with E-state index in [1.165, 1.54) is 19.2 Å². The number of phenols is 1. The number of phenolic OH excluding ortho intramolecular Hbond substituents is 1. The minimum atomic E-state index is -4.59. The predicted molar refractivity (Wildman–Crippen MR) is 81.5 cm³/mol. The zero-order chi connectivity index (χ0) is 15.6. The molecule has 0 fully saturated rings. The molecule has 0 aromatic heterocycles. The number of carbonyl (C=O) groups excluding carboxylic acids is 1. The number of rotatable bonds is 4. The number of ether oxygens (including phenoxy) is 1. The van der Waals surface area contributed by atoms with E-state index in [0.29, 0.717) is 0 Å². The van der Waals surface area contributed by atoms with Crippen LogP contribution in [0.1, 0.15) is 15.9 Å². The quantitative estimate of drug-likeness (QED) is 0.500. The third kappa shape index (κ3) is 3.70. The van der Waals surface area contributed by atoms with Crippen molar-refractivity contribution >= 4 is 34.8 Å². The SMILES string of the molecule is COc1cc(O)c(C(=O)c2ccccc2)cc1S(=O)(=O)O.[LiH]. The second-order valence-electron chi connectivity index (χ2n) is 4.19. The van der Waals surface area contributed by atoms with Crippen molar-refractivity contribution < 1.29 is 27.6 Å². The van der Waals surface area contributed by atoms with Crippen molar-refractivity contribution in [2.75, 3.05) is 7.11 Å². The van der Waals surface area contributed by atoms with Crippen molar-refractivity contribution in [2.45, 2.75) is 4.90 Å². The summed E-state index contributed by atoms with van der Waals surface area (Å²) in [5.41, 5.74) is 0.0360. The molecule has 0 unspecified atom stereocenters. The first-order valence-corrected chi connectivity index (χ1v) is 7.27. The molecule has 0 saturated carbocycles. The number of ketones is 1. The number of hydrogen-bond acceptors (Lipinski definition) is 5. The van der Waals surface area contributed by atoms with Gasteiger partial charge in [-0.25, -0.2) is 0 Å². The summed E-state index contributed by atoms with van der Waals surface area (Å²) in [6.45, 7) is 0. The molecule has 8 heteroatoms. The Morgan fingerprint density at radius 3 is 2.23 bits per heavy atom. The summed E-state index contributed by atoms with van der Waals surface area (Å²) in [5.74, 6) is -1.26. The van der Waals surface area contributed by atoms with Crippen LogP contribution in [0.25, 0.3) is 0 Å². The molecule has 112 valence electrons. The van der Waals surface area contributed by atoms with Gasteiger partial charge in [-0.15, -0.1) is 0 Å². The Balaban J connectivity index is 0.00000242.